The van der Waals surface area contributed by atoms with E-state index in [1.54, 1.807) is 49.4 Å². The predicted molar refractivity (Wildman–Crippen MR) is 107 cm³/mol. The molecule has 2 aromatic rings. The second-order valence-electron chi connectivity index (χ2n) is 7.03. The van der Waals surface area contributed by atoms with E-state index < -0.39 is 34.3 Å². The van der Waals surface area contributed by atoms with Gasteiger partial charge in [0.15, 0.2) is 0 Å². The number of nitrogens with zero attached hydrogens (tertiary/aromatic N) is 2. The van der Waals surface area contributed by atoms with E-state index in [-0.39, 0.29) is 16.9 Å². The van der Waals surface area contributed by atoms with Crippen molar-refractivity contribution in [2.24, 2.45) is 0 Å². The lowest BCUT2D eigenvalue weighted by molar-refractivity contribution is -0.116. The Morgan fingerprint density at radius 2 is 1.72 bits per heavy atom. The number of sulfonamides is 1. The van der Waals surface area contributed by atoms with Crippen molar-refractivity contribution in [2.75, 3.05) is 28.5 Å². The predicted octanol–water partition coefficient (Wildman–Crippen LogP) is 1.77. The minimum Gasteiger partial charge on any atom is -0.324 e. The third-order valence-corrected chi connectivity index (χ3v) is 6.92. The van der Waals surface area contributed by atoms with Crippen molar-refractivity contribution >= 4 is 39.1 Å². The van der Waals surface area contributed by atoms with E-state index in [4.69, 9.17) is 0 Å². The maximum Gasteiger partial charge on any atom is 0.262 e. The first kappa shape index (κ1) is 19.1. The molecule has 4 rings (SSSR count). The molecule has 2 heterocycles. The van der Waals surface area contributed by atoms with Crippen molar-refractivity contribution in [3.63, 3.8) is 0 Å². The summed E-state index contributed by atoms with van der Waals surface area (Å²) in [4.78, 5) is 38.1. The largest absolute Gasteiger partial charge is 0.324 e. The number of benzene rings is 2. The van der Waals surface area contributed by atoms with Crippen LogP contribution in [0.4, 0.5) is 11.4 Å². The Morgan fingerprint density at radius 1 is 1.07 bits per heavy atom. The van der Waals surface area contributed by atoms with Gasteiger partial charge in [0.25, 0.3) is 11.8 Å². The van der Waals surface area contributed by atoms with Crippen LogP contribution in [0.3, 0.4) is 0 Å². The number of anilines is 2. The number of nitrogens with one attached hydrogen (secondary N) is 1. The summed E-state index contributed by atoms with van der Waals surface area (Å²) in [6.07, 6.45) is 0.583. The van der Waals surface area contributed by atoms with E-state index in [9.17, 15) is 22.8 Å². The summed E-state index contributed by atoms with van der Waals surface area (Å²) < 4.78 is 25.5. The molecule has 2 aromatic carbocycles. The molecule has 9 heteroatoms. The number of aryl methyl sites for hydroxylation is 1. The maximum absolute atomic E-state index is 12.4. The number of hydrogen-bond acceptors (Lipinski definition) is 5. The van der Waals surface area contributed by atoms with Crippen LogP contribution in [0.15, 0.2) is 42.5 Å². The summed E-state index contributed by atoms with van der Waals surface area (Å²) in [5.74, 6) is -1.37. The van der Waals surface area contributed by atoms with Gasteiger partial charge in [0.05, 0.1) is 22.6 Å². The van der Waals surface area contributed by atoms with Gasteiger partial charge in [-0.05, 0) is 49.2 Å². The molecule has 2 aliphatic heterocycles. The number of hydrogen-bond donors (Lipinski definition) is 1. The fraction of sp³-hybridized carbons (Fsp3) is 0.250. The van der Waals surface area contributed by atoms with Crippen molar-refractivity contribution in [2.45, 2.75) is 13.3 Å². The molecule has 0 aliphatic carbocycles. The number of carbonyl (C=O) groups is 3. The lowest BCUT2D eigenvalue weighted by Crippen LogP contribution is -2.37. The highest BCUT2D eigenvalue weighted by Gasteiger charge is 2.36. The fourth-order valence-corrected chi connectivity index (χ4v) is 5.15. The monoisotopic (exact) mass is 413 g/mol. The SMILES string of the molecule is Cc1cc(N2CCCS2(=O)=O)ccc1NC(=O)CN1C(=O)c2ccccc2C1=O. The molecule has 0 aromatic heterocycles. The van der Waals surface area contributed by atoms with Crippen LogP contribution < -0.4 is 9.62 Å². The quantitative estimate of drug-likeness (QED) is 0.770. The number of amides is 3. The number of rotatable bonds is 4. The Balaban J connectivity index is 1.47. The van der Waals surface area contributed by atoms with Crippen LogP contribution in [0.5, 0.6) is 0 Å². The zero-order chi connectivity index (χ0) is 20.8. The summed E-state index contributed by atoms with van der Waals surface area (Å²) in [6.45, 7) is 1.80. The summed E-state index contributed by atoms with van der Waals surface area (Å²) in [7, 11) is -3.28. The lowest BCUT2D eigenvalue weighted by atomic mass is 10.1. The first-order valence-electron chi connectivity index (χ1n) is 9.14. The summed E-state index contributed by atoms with van der Waals surface area (Å²) in [5.41, 5.74) is 2.31. The first-order valence-corrected chi connectivity index (χ1v) is 10.7. The van der Waals surface area contributed by atoms with Crippen LogP contribution in [0.25, 0.3) is 0 Å². The van der Waals surface area contributed by atoms with Crippen molar-refractivity contribution < 1.29 is 22.8 Å². The molecule has 150 valence electrons. The molecule has 8 nitrogen and oxygen atoms in total. The Kier molecular flexibility index (Phi) is 4.62. The highest BCUT2D eigenvalue weighted by molar-refractivity contribution is 7.93. The molecular formula is C20H19N3O5S. The van der Waals surface area contributed by atoms with Crippen molar-refractivity contribution in [1.82, 2.24) is 4.90 Å². The average Bonchev–Trinajstić information content (AvgIpc) is 3.15. The molecule has 0 bridgehead atoms. The van der Waals surface area contributed by atoms with Gasteiger partial charge in [-0.25, -0.2) is 8.42 Å². The molecule has 1 N–H and O–H groups in total. The molecule has 29 heavy (non-hydrogen) atoms. The third kappa shape index (κ3) is 3.38. The smallest absolute Gasteiger partial charge is 0.262 e. The Bertz CT molecular complexity index is 1110. The topological polar surface area (TPSA) is 104 Å². The van der Waals surface area contributed by atoms with Crippen molar-refractivity contribution in [3.8, 4) is 0 Å². The summed E-state index contributed by atoms with van der Waals surface area (Å²) >= 11 is 0. The molecule has 1 fully saturated rings. The van der Waals surface area contributed by atoms with Gasteiger partial charge >= 0.3 is 0 Å². The molecule has 0 atom stereocenters. The van der Waals surface area contributed by atoms with Crippen molar-refractivity contribution in [3.05, 3.63) is 59.2 Å². The number of fused-ring (bicyclic) bond motifs is 1. The van der Waals surface area contributed by atoms with E-state index in [0.29, 0.717) is 29.9 Å². The number of imide groups is 1. The molecular weight excluding hydrogens is 394 g/mol. The molecule has 3 amide bonds. The summed E-state index contributed by atoms with van der Waals surface area (Å²) in [5, 5.41) is 2.69. The maximum atomic E-state index is 12.4. The average molecular weight is 413 g/mol. The minimum atomic E-state index is -3.28. The Labute approximate surface area is 168 Å². The second kappa shape index (κ2) is 7.00. The highest BCUT2D eigenvalue weighted by Crippen LogP contribution is 2.28. The van der Waals surface area contributed by atoms with Crippen LogP contribution in [0.2, 0.25) is 0 Å². The molecule has 0 spiro atoms. The van der Waals surface area contributed by atoms with Gasteiger partial charge in [-0.15, -0.1) is 0 Å². The third-order valence-electron chi connectivity index (χ3n) is 5.05. The van der Waals surface area contributed by atoms with Gasteiger partial charge in [0, 0.05) is 12.2 Å². The van der Waals surface area contributed by atoms with Crippen LogP contribution in [-0.4, -0.2) is 49.9 Å². The molecule has 0 saturated carbocycles. The second-order valence-corrected chi connectivity index (χ2v) is 9.04. The minimum absolute atomic E-state index is 0.130. The van der Waals surface area contributed by atoms with Gasteiger partial charge in [0.2, 0.25) is 15.9 Å². The zero-order valence-electron chi connectivity index (χ0n) is 15.7. The van der Waals surface area contributed by atoms with Crippen molar-refractivity contribution in [1.29, 1.82) is 0 Å². The Hall–Kier alpha value is -3.20. The van der Waals surface area contributed by atoms with Crippen LogP contribution >= 0.6 is 0 Å². The highest BCUT2D eigenvalue weighted by atomic mass is 32.2. The van der Waals surface area contributed by atoms with E-state index in [2.05, 4.69) is 5.32 Å². The standard InChI is InChI=1S/C20H19N3O5S/c1-13-11-14(23-9-4-10-29(23,27)28)7-8-17(13)21-18(24)12-22-19(25)15-5-2-3-6-16(15)20(22)26/h2-3,5-8,11H,4,9-10,12H2,1H3,(H,21,24). The van der Waals surface area contributed by atoms with E-state index in [1.165, 1.54) is 4.31 Å². The first-order chi connectivity index (χ1) is 13.8. The molecule has 1 saturated heterocycles. The fourth-order valence-electron chi connectivity index (χ4n) is 3.59. The van der Waals surface area contributed by atoms with Gasteiger partial charge in [-0.3, -0.25) is 23.6 Å². The van der Waals surface area contributed by atoms with Gasteiger partial charge in [-0.2, -0.15) is 0 Å². The molecule has 0 unspecified atom stereocenters. The molecule has 0 radical (unpaired) electrons. The van der Waals surface area contributed by atoms with E-state index >= 15 is 0 Å². The Morgan fingerprint density at radius 3 is 2.28 bits per heavy atom. The van der Waals surface area contributed by atoms with E-state index in [0.717, 1.165) is 4.90 Å². The number of carbonyl (C=O) groups excluding carboxylic acids is 3. The van der Waals surface area contributed by atoms with Crippen LogP contribution in [0.1, 0.15) is 32.7 Å². The van der Waals surface area contributed by atoms with E-state index in [1.807, 2.05) is 0 Å². The zero-order valence-corrected chi connectivity index (χ0v) is 16.5. The van der Waals surface area contributed by atoms with Gasteiger partial charge in [0.1, 0.15) is 6.54 Å². The lowest BCUT2D eigenvalue weighted by Gasteiger charge is -2.19. The van der Waals surface area contributed by atoms with Gasteiger partial charge < -0.3 is 5.32 Å². The molecule has 2 aliphatic rings. The normalized spacial score (nSPS) is 17.6. The van der Waals surface area contributed by atoms with Crippen LogP contribution in [0, 0.1) is 6.92 Å². The summed E-state index contributed by atoms with van der Waals surface area (Å²) in [6, 6.07) is 11.4. The van der Waals surface area contributed by atoms with Crippen LogP contribution in [-0.2, 0) is 14.8 Å². The van der Waals surface area contributed by atoms with Gasteiger partial charge in [-0.1, -0.05) is 12.1 Å².